The molecule has 0 spiro atoms. The molecule has 2 fully saturated rings. The molecule has 0 amide bonds. The first-order chi connectivity index (χ1) is 23.7. The third-order valence-electron chi connectivity index (χ3n) is 9.34. The van der Waals surface area contributed by atoms with Crippen molar-refractivity contribution in [1.29, 1.82) is 0 Å². The van der Waals surface area contributed by atoms with Crippen LogP contribution in [0, 0.1) is 12.7 Å². The molecule has 0 atom stereocenters. The maximum absolute atomic E-state index is 14.1. The Labute approximate surface area is 281 Å². The highest BCUT2D eigenvalue weighted by molar-refractivity contribution is 6.15. The molecule has 49 heavy (non-hydrogen) atoms. The summed E-state index contributed by atoms with van der Waals surface area (Å²) in [5.41, 5.74) is 10.9. The van der Waals surface area contributed by atoms with Gasteiger partial charge in [-0.3, -0.25) is 9.69 Å². The Balaban J connectivity index is 1.08. The number of rotatable bonds is 10. The number of pyridine rings is 1. The van der Waals surface area contributed by atoms with Crippen LogP contribution in [0.5, 0.6) is 17.4 Å². The van der Waals surface area contributed by atoms with Gasteiger partial charge in [0.15, 0.2) is 17.3 Å². The summed E-state index contributed by atoms with van der Waals surface area (Å²) >= 11 is 0. The van der Waals surface area contributed by atoms with Crippen LogP contribution < -0.4 is 20.1 Å². The third kappa shape index (κ3) is 6.86. The number of hydrogen-bond donors (Lipinski definition) is 1. The van der Waals surface area contributed by atoms with Crippen LogP contribution in [0.25, 0.3) is 11.8 Å². The summed E-state index contributed by atoms with van der Waals surface area (Å²) in [6.07, 6.45) is 4.33. The Hall–Kier alpha value is -4.88. The molecule has 2 aromatic heterocycles. The van der Waals surface area contributed by atoms with Gasteiger partial charge >= 0.3 is 0 Å². The number of morpholine rings is 1. The smallest absolute Gasteiger partial charge is 0.272 e. The first-order valence-electron chi connectivity index (χ1n) is 16.4. The van der Waals surface area contributed by atoms with Crippen LogP contribution >= 0.6 is 0 Å². The molecule has 2 saturated heterocycles. The molecule has 1 aliphatic carbocycles. The summed E-state index contributed by atoms with van der Waals surface area (Å²) in [5, 5.41) is 4.38. The minimum Gasteiger partial charge on any atom is -0.485 e. The number of alkyl halides is 2. The van der Waals surface area contributed by atoms with Gasteiger partial charge in [-0.1, -0.05) is 12.1 Å². The maximum Gasteiger partial charge on any atom is 0.272 e. The number of nitrogens with zero attached hydrogens (tertiary/aromatic N) is 5. The lowest BCUT2D eigenvalue weighted by molar-refractivity contribution is 0.0114. The van der Waals surface area contributed by atoms with Crippen LogP contribution in [0.15, 0.2) is 60.4 Å². The van der Waals surface area contributed by atoms with Crippen molar-refractivity contribution in [3.05, 3.63) is 88.5 Å². The number of ketones is 1. The monoisotopic (exact) mass is 674 g/mol. The van der Waals surface area contributed by atoms with Crippen molar-refractivity contribution in [2.24, 2.45) is 0 Å². The van der Waals surface area contributed by atoms with Crippen LogP contribution in [-0.4, -0.2) is 83.9 Å². The van der Waals surface area contributed by atoms with E-state index in [4.69, 9.17) is 19.9 Å². The number of halogens is 3. The van der Waals surface area contributed by atoms with Crippen LogP contribution in [0.4, 0.5) is 24.7 Å². The zero-order chi connectivity index (χ0) is 34.1. The molecule has 256 valence electrons. The second-order valence-corrected chi connectivity index (χ2v) is 12.5. The summed E-state index contributed by atoms with van der Waals surface area (Å²) in [7, 11) is 0. The molecule has 2 aromatic carbocycles. The van der Waals surface area contributed by atoms with Gasteiger partial charge < -0.3 is 24.8 Å². The second kappa shape index (κ2) is 13.9. The number of para-hydroxylation sites is 1. The van der Waals surface area contributed by atoms with E-state index in [1.807, 2.05) is 6.07 Å². The molecular formula is C36H37F3N6O4. The number of anilines is 2. The Morgan fingerprint density at radius 3 is 2.55 bits per heavy atom. The van der Waals surface area contributed by atoms with Crippen molar-refractivity contribution in [3.8, 4) is 23.1 Å². The standard InChI is InChI=1S/C36H37F3N6O4/c1-22-14-34(49-31-5-3-2-4-28(31)37)41-20-30(22)45-36(40)27(19-42-45)35(46)25-15-23-17-29(32(18-24(23)16-25)48-21-33(38)39)44-8-6-26(7-9-44)43-10-12-47-13-11-43/h2-5,14,16-20,26,33H,6-13,15,21,40H2,1H3. The highest BCUT2D eigenvalue weighted by atomic mass is 19.3. The first kappa shape index (κ1) is 32.7. The van der Waals surface area contributed by atoms with E-state index in [2.05, 4.69) is 19.9 Å². The van der Waals surface area contributed by atoms with Crippen molar-refractivity contribution in [2.45, 2.75) is 38.7 Å². The number of nitrogen functional groups attached to an aromatic ring is 1. The van der Waals surface area contributed by atoms with E-state index in [1.54, 1.807) is 37.3 Å². The van der Waals surface area contributed by atoms with Crippen molar-refractivity contribution in [3.63, 3.8) is 0 Å². The predicted molar refractivity (Wildman–Crippen MR) is 179 cm³/mol. The Morgan fingerprint density at radius 1 is 1.04 bits per heavy atom. The van der Waals surface area contributed by atoms with Crippen LogP contribution in [-0.2, 0) is 11.2 Å². The number of piperidine rings is 1. The molecule has 2 aliphatic heterocycles. The van der Waals surface area contributed by atoms with E-state index >= 15 is 0 Å². The van der Waals surface area contributed by atoms with Gasteiger partial charge in [-0.25, -0.2) is 22.8 Å². The molecule has 0 unspecified atom stereocenters. The molecule has 13 heteroatoms. The fourth-order valence-electron chi connectivity index (χ4n) is 6.77. The van der Waals surface area contributed by atoms with Gasteiger partial charge in [0, 0.05) is 50.3 Å². The first-order valence-corrected chi connectivity index (χ1v) is 16.4. The van der Waals surface area contributed by atoms with E-state index in [9.17, 15) is 18.0 Å². The number of carbonyl (C=O) groups excluding carboxylic acids is 1. The highest BCUT2D eigenvalue weighted by Crippen LogP contribution is 2.39. The fraction of sp³-hybridized carbons (Fsp3) is 0.361. The second-order valence-electron chi connectivity index (χ2n) is 12.5. The van der Waals surface area contributed by atoms with Crippen LogP contribution in [0.1, 0.15) is 39.9 Å². The van der Waals surface area contributed by atoms with Gasteiger partial charge in [-0.2, -0.15) is 5.10 Å². The fourth-order valence-corrected chi connectivity index (χ4v) is 6.77. The molecule has 10 nitrogen and oxygen atoms in total. The van der Waals surface area contributed by atoms with Gasteiger partial charge in [-0.05, 0) is 66.8 Å². The van der Waals surface area contributed by atoms with Gasteiger partial charge in [0.2, 0.25) is 5.88 Å². The number of fused-ring (bicyclic) bond motifs is 1. The zero-order valence-corrected chi connectivity index (χ0v) is 27.1. The number of benzene rings is 2. The minimum atomic E-state index is -2.62. The van der Waals surface area contributed by atoms with Crippen molar-refractivity contribution in [2.75, 3.05) is 56.6 Å². The molecule has 4 aromatic rings. The number of nitrogens with two attached hydrogens (primary N) is 1. The van der Waals surface area contributed by atoms with E-state index in [-0.39, 0.29) is 28.8 Å². The molecule has 3 aliphatic rings. The van der Waals surface area contributed by atoms with Gasteiger partial charge in [0.1, 0.15) is 18.2 Å². The quantitative estimate of drug-likeness (QED) is 0.207. The van der Waals surface area contributed by atoms with E-state index in [0.717, 1.165) is 69.0 Å². The molecule has 4 heterocycles. The SMILES string of the molecule is Cc1cc(Oc2ccccc2F)ncc1-n1ncc(C(=O)C2=Cc3cc(OCC(F)F)c(N4CCC(N5CCOCC5)CC4)cc3C2)c1N. The molecule has 0 radical (unpaired) electrons. The average Bonchev–Trinajstić information content (AvgIpc) is 3.71. The average molecular weight is 675 g/mol. The number of hydrogen-bond acceptors (Lipinski definition) is 9. The van der Waals surface area contributed by atoms with Crippen molar-refractivity contribution in [1.82, 2.24) is 19.7 Å². The Morgan fingerprint density at radius 2 is 1.82 bits per heavy atom. The number of aromatic nitrogens is 3. The number of carbonyl (C=O) groups is 1. The number of ether oxygens (including phenoxy) is 3. The summed E-state index contributed by atoms with van der Waals surface area (Å²) in [4.78, 5) is 22.8. The maximum atomic E-state index is 14.1. The number of Topliss-reactive ketones (excluding diaryl/α,β-unsaturated/α-hetero) is 1. The molecule has 0 saturated carbocycles. The third-order valence-corrected chi connectivity index (χ3v) is 9.34. The highest BCUT2D eigenvalue weighted by Gasteiger charge is 2.30. The molecule has 0 bridgehead atoms. The number of allylic oxidation sites excluding steroid dienone is 1. The van der Waals surface area contributed by atoms with E-state index < -0.39 is 18.8 Å². The summed E-state index contributed by atoms with van der Waals surface area (Å²) in [6, 6.07) is 11.9. The molecule has 2 N–H and O–H groups in total. The van der Waals surface area contributed by atoms with Crippen LogP contribution in [0.2, 0.25) is 0 Å². The van der Waals surface area contributed by atoms with E-state index in [0.29, 0.717) is 35.0 Å². The predicted octanol–water partition coefficient (Wildman–Crippen LogP) is 5.86. The van der Waals surface area contributed by atoms with E-state index in [1.165, 1.54) is 29.2 Å². The molecular weight excluding hydrogens is 637 g/mol. The van der Waals surface area contributed by atoms with Gasteiger partial charge in [0.25, 0.3) is 6.43 Å². The summed E-state index contributed by atoms with van der Waals surface area (Å²) < 4.78 is 58.7. The lowest BCUT2D eigenvalue weighted by Crippen LogP contribution is -2.49. The Bertz CT molecular complexity index is 1880. The summed E-state index contributed by atoms with van der Waals surface area (Å²) in [6.45, 7) is 5.96. The van der Waals surface area contributed by atoms with Crippen molar-refractivity contribution >= 4 is 23.4 Å². The summed E-state index contributed by atoms with van der Waals surface area (Å²) in [5.74, 6) is -0.0300. The lowest BCUT2D eigenvalue weighted by Gasteiger charge is -2.41. The van der Waals surface area contributed by atoms with Gasteiger partial charge in [0.05, 0.1) is 42.5 Å². The van der Waals surface area contributed by atoms with Crippen molar-refractivity contribution < 1.29 is 32.2 Å². The van der Waals surface area contributed by atoms with Gasteiger partial charge in [-0.15, -0.1) is 0 Å². The van der Waals surface area contributed by atoms with Crippen LogP contribution in [0.3, 0.4) is 0 Å². The largest absolute Gasteiger partial charge is 0.485 e. The minimum absolute atomic E-state index is 0.0487. The normalized spacial score (nSPS) is 16.9. The topological polar surface area (TPSA) is 108 Å². The lowest BCUT2D eigenvalue weighted by atomic mass is 10.00. The molecule has 7 rings (SSSR count). The number of aryl methyl sites for hydroxylation is 1. The Kier molecular flexibility index (Phi) is 9.28. The zero-order valence-electron chi connectivity index (χ0n) is 27.1.